The van der Waals surface area contributed by atoms with E-state index in [-0.39, 0.29) is 10.8 Å². The molecule has 2 atom stereocenters. The van der Waals surface area contributed by atoms with Crippen LogP contribution in [0.4, 0.5) is 0 Å². The van der Waals surface area contributed by atoms with Gasteiger partial charge in [-0.1, -0.05) is 45.0 Å². The van der Waals surface area contributed by atoms with E-state index < -0.39 is 0 Å². The second-order valence-electron chi connectivity index (χ2n) is 6.98. The molecule has 3 heteroatoms. The molecule has 1 nitrogen and oxygen atoms in total. The summed E-state index contributed by atoms with van der Waals surface area (Å²) < 4.78 is 0. The second kappa shape index (κ2) is 5.73. The summed E-state index contributed by atoms with van der Waals surface area (Å²) in [5.74, 6) is 0.500. The Morgan fingerprint density at radius 3 is 2.76 bits per heavy atom. The standard InChI is InChI=1S/C18H22ClNS/c1-18(2,3)15-11-21-16(20-15)10-13-9-8-12-6-4-5-7-14(12)17(13)19/h4-7,11,13,17H,8-10H2,1-3H3. The van der Waals surface area contributed by atoms with Crippen LogP contribution in [0.15, 0.2) is 29.6 Å². The number of rotatable bonds is 2. The number of halogens is 1. The van der Waals surface area contributed by atoms with Crippen molar-refractivity contribution in [2.75, 3.05) is 0 Å². The van der Waals surface area contributed by atoms with E-state index in [9.17, 15) is 0 Å². The number of hydrogen-bond acceptors (Lipinski definition) is 2. The van der Waals surface area contributed by atoms with Crippen LogP contribution in [0.3, 0.4) is 0 Å². The SMILES string of the molecule is CC(C)(C)c1csc(CC2CCc3ccccc3C2Cl)n1. The van der Waals surface area contributed by atoms with Gasteiger partial charge in [-0.25, -0.2) is 4.98 Å². The zero-order chi connectivity index (χ0) is 15.0. The number of thiazole rings is 1. The quantitative estimate of drug-likeness (QED) is 0.664. The average Bonchev–Trinajstić information content (AvgIpc) is 2.91. The molecule has 0 fully saturated rings. The van der Waals surface area contributed by atoms with E-state index in [1.165, 1.54) is 21.8 Å². The number of nitrogens with zero attached hydrogens (tertiary/aromatic N) is 1. The molecule has 0 spiro atoms. The molecule has 2 aromatic rings. The van der Waals surface area contributed by atoms with Crippen LogP contribution in [0.2, 0.25) is 0 Å². The van der Waals surface area contributed by atoms with Gasteiger partial charge >= 0.3 is 0 Å². The third-order valence-electron chi connectivity index (χ3n) is 4.31. The molecule has 0 radical (unpaired) electrons. The fraction of sp³-hybridized carbons (Fsp3) is 0.500. The van der Waals surface area contributed by atoms with Crippen LogP contribution in [0.1, 0.15) is 54.4 Å². The molecule has 1 aliphatic carbocycles. The Bertz CT molecular complexity index is 626. The molecule has 0 bridgehead atoms. The van der Waals surface area contributed by atoms with Crippen LogP contribution in [-0.4, -0.2) is 4.98 Å². The zero-order valence-corrected chi connectivity index (χ0v) is 14.5. The van der Waals surface area contributed by atoms with Crippen LogP contribution in [0, 0.1) is 5.92 Å². The van der Waals surface area contributed by atoms with Crippen LogP contribution in [0.25, 0.3) is 0 Å². The Morgan fingerprint density at radius 1 is 1.29 bits per heavy atom. The highest BCUT2D eigenvalue weighted by Crippen LogP contribution is 2.41. The minimum atomic E-state index is 0.122. The van der Waals surface area contributed by atoms with Crippen LogP contribution in [-0.2, 0) is 18.3 Å². The van der Waals surface area contributed by atoms with Crippen LogP contribution < -0.4 is 0 Å². The number of alkyl halides is 1. The van der Waals surface area contributed by atoms with E-state index in [0.717, 1.165) is 19.3 Å². The van der Waals surface area contributed by atoms with Crippen molar-refractivity contribution in [1.82, 2.24) is 4.98 Å². The maximum Gasteiger partial charge on any atom is 0.0931 e. The van der Waals surface area contributed by atoms with Crippen molar-refractivity contribution in [2.45, 2.75) is 50.8 Å². The van der Waals surface area contributed by atoms with Crippen molar-refractivity contribution >= 4 is 22.9 Å². The summed E-state index contributed by atoms with van der Waals surface area (Å²) in [7, 11) is 0. The van der Waals surface area contributed by atoms with Gasteiger partial charge in [0.05, 0.1) is 16.1 Å². The summed E-state index contributed by atoms with van der Waals surface area (Å²) in [6.07, 6.45) is 3.31. The minimum absolute atomic E-state index is 0.122. The lowest BCUT2D eigenvalue weighted by molar-refractivity contribution is 0.440. The van der Waals surface area contributed by atoms with Gasteiger partial charge in [-0.2, -0.15) is 0 Å². The van der Waals surface area contributed by atoms with Crippen LogP contribution in [0.5, 0.6) is 0 Å². The first kappa shape index (κ1) is 15.1. The van der Waals surface area contributed by atoms with Crippen molar-refractivity contribution in [1.29, 1.82) is 0 Å². The molecule has 0 saturated carbocycles. The highest BCUT2D eigenvalue weighted by atomic mass is 35.5. The largest absolute Gasteiger partial charge is 0.246 e. The van der Waals surface area contributed by atoms with Gasteiger partial charge in [-0.3, -0.25) is 0 Å². The Morgan fingerprint density at radius 2 is 2.05 bits per heavy atom. The Hall–Kier alpha value is -0.860. The van der Waals surface area contributed by atoms with Gasteiger partial charge in [0.1, 0.15) is 0 Å². The van der Waals surface area contributed by atoms with E-state index in [0.29, 0.717) is 5.92 Å². The van der Waals surface area contributed by atoms with E-state index in [2.05, 4.69) is 50.4 Å². The smallest absolute Gasteiger partial charge is 0.0931 e. The average molecular weight is 320 g/mol. The van der Waals surface area contributed by atoms with E-state index in [1.807, 2.05) is 0 Å². The predicted octanol–water partition coefficient (Wildman–Crippen LogP) is 5.53. The second-order valence-corrected chi connectivity index (χ2v) is 8.39. The van der Waals surface area contributed by atoms with Gasteiger partial charge in [0.2, 0.25) is 0 Å². The maximum atomic E-state index is 6.74. The van der Waals surface area contributed by atoms with Gasteiger partial charge in [-0.15, -0.1) is 22.9 Å². The van der Waals surface area contributed by atoms with Crippen LogP contribution >= 0.6 is 22.9 Å². The molecule has 0 aliphatic heterocycles. The van der Waals surface area contributed by atoms with Gasteiger partial charge in [0, 0.05) is 17.2 Å². The maximum absolute atomic E-state index is 6.74. The molecule has 21 heavy (non-hydrogen) atoms. The van der Waals surface area contributed by atoms with E-state index in [4.69, 9.17) is 16.6 Å². The molecule has 0 N–H and O–H groups in total. The number of fused-ring (bicyclic) bond motifs is 1. The van der Waals surface area contributed by atoms with Crippen molar-refractivity contribution in [3.63, 3.8) is 0 Å². The third kappa shape index (κ3) is 3.17. The number of benzene rings is 1. The molecule has 1 aromatic heterocycles. The molecule has 3 rings (SSSR count). The molecule has 2 unspecified atom stereocenters. The van der Waals surface area contributed by atoms with Crippen molar-refractivity contribution < 1.29 is 0 Å². The first-order chi connectivity index (χ1) is 9.95. The van der Waals surface area contributed by atoms with E-state index in [1.54, 1.807) is 11.3 Å². The molecule has 0 saturated heterocycles. The fourth-order valence-electron chi connectivity index (χ4n) is 2.95. The number of aromatic nitrogens is 1. The predicted molar refractivity (Wildman–Crippen MR) is 91.4 cm³/mol. The monoisotopic (exact) mass is 319 g/mol. The van der Waals surface area contributed by atoms with Crippen molar-refractivity contribution in [3.8, 4) is 0 Å². The zero-order valence-electron chi connectivity index (χ0n) is 12.9. The summed E-state index contributed by atoms with van der Waals surface area (Å²) in [6, 6.07) is 8.60. The molecule has 0 amide bonds. The molecular formula is C18H22ClNS. The summed E-state index contributed by atoms with van der Waals surface area (Å²) >= 11 is 8.52. The minimum Gasteiger partial charge on any atom is -0.246 e. The highest BCUT2D eigenvalue weighted by Gasteiger charge is 2.29. The lowest BCUT2D eigenvalue weighted by Crippen LogP contribution is -2.19. The molecular weight excluding hydrogens is 298 g/mol. The summed E-state index contributed by atoms with van der Waals surface area (Å²) in [4.78, 5) is 4.83. The summed E-state index contributed by atoms with van der Waals surface area (Å²) in [5.41, 5.74) is 4.07. The topological polar surface area (TPSA) is 12.9 Å². The first-order valence-corrected chi connectivity index (χ1v) is 8.93. The Labute approximate surface area is 136 Å². The Kier molecular flexibility index (Phi) is 4.11. The molecule has 1 aromatic carbocycles. The number of aryl methyl sites for hydroxylation is 1. The lowest BCUT2D eigenvalue weighted by atomic mass is 9.82. The lowest BCUT2D eigenvalue weighted by Gasteiger charge is -2.29. The summed E-state index contributed by atoms with van der Waals surface area (Å²) in [6.45, 7) is 6.65. The third-order valence-corrected chi connectivity index (χ3v) is 5.77. The normalized spacial score (nSPS) is 22.1. The van der Waals surface area contributed by atoms with Crippen molar-refractivity contribution in [3.05, 3.63) is 51.5 Å². The van der Waals surface area contributed by atoms with Gasteiger partial charge in [-0.05, 0) is 29.9 Å². The van der Waals surface area contributed by atoms with E-state index >= 15 is 0 Å². The highest BCUT2D eigenvalue weighted by molar-refractivity contribution is 7.09. The Balaban J connectivity index is 1.76. The van der Waals surface area contributed by atoms with Gasteiger partial charge in [0.25, 0.3) is 0 Å². The van der Waals surface area contributed by atoms with Gasteiger partial charge < -0.3 is 0 Å². The summed E-state index contributed by atoms with van der Waals surface area (Å²) in [5, 5.41) is 3.56. The van der Waals surface area contributed by atoms with Gasteiger partial charge in [0.15, 0.2) is 0 Å². The van der Waals surface area contributed by atoms with Crippen molar-refractivity contribution in [2.24, 2.45) is 5.92 Å². The first-order valence-electron chi connectivity index (χ1n) is 7.62. The molecule has 112 valence electrons. The molecule has 1 aliphatic rings. The number of hydrogen-bond donors (Lipinski definition) is 0. The molecule has 1 heterocycles. The fourth-order valence-corrected chi connectivity index (χ4v) is 4.49.